The molecule has 0 spiro atoms. The number of nitrogens with two attached hydrogens (primary N) is 6. The molecule has 0 aliphatic carbocycles. The van der Waals surface area contributed by atoms with Gasteiger partial charge in [-0.05, 0) is 127 Å². The fourth-order valence-corrected chi connectivity index (χ4v) is 13.3. The van der Waals surface area contributed by atoms with Crippen LogP contribution in [0.1, 0.15) is 143 Å². The van der Waals surface area contributed by atoms with E-state index >= 15 is 0 Å². The lowest BCUT2D eigenvalue weighted by molar-refractivity contribution is -0.141. The Kier molecular flexibility index (Phi) is 30.5. The molecule has 0 radical (unpaired) electrons. The average molecular weight is 1540 g/mol. The summed E-state index contributed by atoms with van der Waals surface area (Å²) < 4.78 is 5.85. The van der Waals surface area contributed by atoms with Crippen LogP contribution in [0.15, 0.2) is 74.1 Å². The fraction of sp³-hybridized carbons (Fsp3) is 0.486. The SMILES string of the molecule is Cn1cc(NC(=O)c2cc(NC(=O)[C@@H](CCCCN)NC(=O)[C@H](CCCNC(=N)N)NC(=O)[C@@H]3CCCN3C(=O)[C@@H](N)Cc3cnc[nH]3)cn2C)cc1C(=O)Nc1cc(C(=O)Nc2cc(C(=O)N[C@@H](Cc3cnc[nH]3)C(=O)N3CCC[C@H]3C(=O)N[C@@H](CCCNC(=N)N)C(=O)N[C@@H](CCCCN)C(N)=O)n(C)c2)n(C)c1. The van der Waals surface area contributed by atoms with E-state index in [1.807, 2.05) is 0 Å². The Morgan fingerprint density at radius 1 is 0.468 bits per heavy atom. The van der Waals surface area contributed by atoms with E-state index in [4.69, 9.17) is 45.2 Å². The number of rotatable bonds is 41. The minimum atomic E-state index is -1.26. The number of hydrogen-bond donors (Lipinski definition) is 21. The third-order valence-electron chi connectivity index (χ3n) is 19.0. The number of primary amides is 1. The zero-order valence-corrected chi connectivity index (χ0v) is 62.5. The molecule has 111 heavy (non-hydrogen) atoms. The molecule has 41 nitrogen and oxygen atoms in total. The number of anilines is 4. The number of aryl methyl sites for hydroxylation is 4. The maximum absolute atomic E-state index is 14.7. The molecule has 8 atom stereocenters. The first kappa shape index (κ1) is 84.2. The lowest BCUT2D eigenvalue weighted by atomic mass is 10.1. The highest BCUT2D eigenvalue weighted by atomic mass is 16.2. The number of aromatic amines is 2. The Labute approximate surface area is 639 Å². The minimum Gasteiger partial charge on any atom is -0.370 e. The molecule has 0 bridgehead atoms. The summed E-state index contributed by atoms with van der Waals surface area (Å²) in [6.07, 6.45) is 16.5. The van der Waals surface area contributed by atoms with Crippen LogP contribution in [0, 0.1) is 10.8 Å². The number of imidazole rings is 2. The highest BCUT2D eigenvalue weighted by molar-refractivity contribution is 6.10. The van der Waals surface area contributed by atoms with E-state index in [2.05, 4.69) is 78.4 Å². The second kappa shape index (κ2) is 40.2. The number of nitrogens with one attached hydrogen (secondary N) is 15. The molecular formula is C70H103N29O12. The van der Waals surface area contributed by atoms with Crippen LogP contribution in [0.2, 0.25) is 0 Å². The number of carbonyl (C=O) groups excluding carboxylic acids is 12. The van der Waals surface area contributed by atoms with Gasteiger partial charge in [0.1, 0.15) is 65.1 Å². The van der Waals surface area contributed by atoms with Crippen molar-refractivity contribution in [3.05, 3.63) is 108 Å². The number of amides is 12. The first-order chi connectivity index (χ1) is 53.0. The van der Waals surface area contributed by atoms with Crippen molar-refractivity contribution in [2.75, 3.05) is 60.5 Å². The topological polar surface area (TPSA) is 625 Å². The van der Waals surface area contributed by atoms with Gasteiger partial charge in [0.2, 0.25) is 47.3 Å². The number of aromatic nitrogens is 8. The largest absolute Gasteiger partial charge is 0.370 e. The van der Waals surface area contributed by atoms with Crippen LogP contribution in [0.4, 0.5) is 22.7 Å². The summed E-state index contributed by atoms with van der Waals surface area (Å²) in [5.41, 5.74) is 36.6. The minimum absolute atomic E-state index is 0.0335. The smallest absolute Gasteiger partial charge is 0.272 e. The Morgan fingerprint density at radius 3 is 1.25 bits per heavy atom. The van der Waals surface area contributed by atoms with Crippen LogP contribution in [-0.2, 0) is 79.4 Å². The third-order valence-corrected chi connectivity index (χ3v) is 19.0. The summed E-state index contributed by atoms with van der Waals surface area (Å²) >= 11 is 0. The summed E-state index contributed by atoms with van der Waals surface area (Å²) in [5.74, 6) is -8.22. The normalized spacial score (nSPS) is 15.5. The molecule has 27 N–H and O–H groups in total. The average Bonchev–Trinajstić information content (AvgIpc) is 1.65. The summed E-state index contributed by atoms with van der Waals surface area (Å²) in [5, 5.41) is 45.3. The Hall–Kier alpha value is -12.4. The second-order valence-corrected chi connectivity index (χ2v) is 27.5. The molecule has 8 rings (SSSR count). The van der Waals surface area contributed by atoms with Crippen molar-refractivity contribution in [1.82, 2.24) is 85.2 Å². The van der Waals surface area contributed by atoms with Crippen molar-refractivity contribution < 1.29 is 57.5 Å². The van der Waals surface area contributed by atoms with Gasteiger partial charge >= 0.3 is 0 Å². The van der Waals surface area contributed by atoms with Crippen LogP contribution < -0.4 is 92.9 Å². The van der Waals surface area contributed by atoms with Gasteiger partial charge in [-0.1, -0.05) is 0 Å². The summed E-state index contributed by atoms with van der Waals surface area (Å²) in [6.45, 7) is 1.46. The Balaban J connectivity index is 0.866. The van der Waals surface area contributed by atoms with E-state index in [0.717, 1.165) is 0 Å². The van der Waals surface area contributed by atoms with E-state index in [0.29, 0.717) is 69.4 Å². The second-order valence-electron chi connectivity index (χ2n) is 27.5. The van der Waals surface area contributed by atoms with Gasteiger partial charge in [0, 0.05) is 116 Å². The number of H-pyrrole nitrogens is 2. The van der Waals surface area contributed by atoms with E-state index in [1.165, 1.54) is 96.0 Å². The number of hydrogen-bond acceptors (Lipinski definition) is 19. The summed E-state index contributed by atoms with van der Waals surface area (Å²) in [4.78, 5) is 183. The number of nitrogens with zero attached hydrogens (tertiary/aromatic N) is 8. The molecule has 0 saturated carbocycles. The van der Waals surface area contributed by atoms with Crippen LogP contribution >= 0.6 is 0 Å². The number of likely N-dealkylation sites (tertiary alicyclic amines) is 2. The van der Waals surface area contributed by atoms with Crippen LogP contribution in [0.5, 0.6) is 0 Å². The zero-order chi connectivity index (χ0) is 80.6. The van der Waals surface area contributed by atoms with Gasteiger partial charge in [-0.25, -0.2) is 9.97 Å². The maximum Gasteiger partial charge on any atom is 0.272 e. The van der Waals surface area contributed by atoms with Crippen molar-refractivity contribution in [2.45, 2.75) is 151 Å². The predicted octanol–water partition coefficient (Wildman–Crippen LogP) is -2.72. The van der Waals surface area contributed by atoms with Crippen molar-refractivity contribution in [1.29, 1.82) is 10.8 Å². The van der Waals surface area contributed by atoms with E-state index in [1.54, 1.807) is 34.4 Å². The van der Waals surface area contributed by atoms with Crippen LogP contribution in [0.3, 0.4) is 0 Å². The standard InChI is InChI=1S/C70H103N29O12/c1-94-33-41(85-58(101)47(14-6-8-20-72)90-60(103)49(16-10-22-82-70(77)78)92-61(104)51-17-11-23-98(51)67(110)45(73)25-39-31-79-37-83-39)27-53(94)63(106)86-42-28-54(95(2)34-42)64(107)87-43-29-55(96(3)35-43)65(108)88-44-30-56(97(4)36-44)66(109)93-50(26-40-32-80-38-84-40)68(111)99-24-12-18-52(99)62(105)91-48(15-9-21-81-69(75)76)59(102)89-46(57(74)100)13-5-7-19-71/h27-38,45-52H,5-26,71-73H2,1-4H3,(H2,74,100)(H,79,83)(H,80,84)(H,85,101)(H,86,106)(H,87,107)(H,88,108)(H,89,102)(H,90,103)(H,91,105)(H,92,104)(H,93,109)(H4,75,76,81)(H4,77,78,82)/t45-,46-,47+,48-,49-,50-,51-,52-/m0/s1. The lowest BCUT2D eigenvalue weighted by Gasteiger charge is -2.30. The molecule has 2 fully saturated rings. The van der Waals surface area contributed by atoms with Crippen molar-refractivity contribution in [3.8, 4) is 0 Å². The van der Waals surface area contributed by atoms with Gasteiger partial charge in [-0.2, -0.15) is 0 Å². The lowest BCUT2D eigenvalue weighted by Crippen LogP contribution is -2.58. The maximum atomic E-state index is 14.7. The van der Waals surface area contributed by atoms with Crippen molar-refractivity contribution in [3.63, 3.8) is 0 Å². The predicted molar refractivity (Wildman–Crippen MR) is 408 cm³/mol. The van der Waals surface area contributed by atoms with E-state index in [-0.39, 0.29) is 141 Å². The van der Waals surface area contributed by atoms with Gasteiger partial charge in [-0.3, -0.25) is 68.4 Å². The molecule has 600 valence electrons. The van der Waals surface area contributed by atoms with Gasteiger partial charge in [0.15, 0.2) is 11.9 Å². The fourth-order valence-electron chi connectivity index (χ4n) is 13.3. The number of carbonyl (C=O) groups is 12. The van der Waals surface area contributed by atoms with Crippen LogP contribution in [0.25, 0.3) is 0 Å². The van der Waals surface area contributed by atoms with Gasteiger partial charge in [-0.15, -0.1) is 0 Å². The molecule has 2 aliphatic heterocycles. The monoisotopic (exact) mass is 1540 g/mol. The number of guanidine groups is 2. The molecular weight excluding hydrogens is 1440 g/mol. The molecule has 8 heterocycles. The summed E-state index contributed by atoms with van der Waals surface area (Å²) in [6, 6.07) is -3.11. The van der Waals surface area contributed by atoms with Crippen LogP contribution in [-0.4, -0.2) is 218 Å². The molecule has 6 aromatic rings. The van der Waals surface area contributed by atoms with Crippen molar-refractivity contribution >= 4 is 106 Å². The quantitative estimate of drug-likeness (QED) is 0.0105. The number of unbranched alkanes of at least 4 members (excludes halogenated alkanes) is 2. The third kappa shape index (κ3) is 23.8. The van der Waals surface area contributed by atoms with E-state index in [9.17, 15) is 57.5 Å². The van der Waals surface area contributed by atoms with Gasteiger partial charge in [0.05, 0.1) is 41.4 Å². The van der Waals surface area contributed by atoms with Gasteiger partial charge in [0.25, 0.3) is 23.6 Å². The molecule has 0 unspecified atom stereocenters. The molecule has 12 amide bonds. The molecule has 2 saturated heterocycles. The Morgan fingerprint density at radius 2 is 0.847 bits per heavy atom. The Bertz CT molecular complexity index is 4290. The highest BCUT2D eigenvalue weighted by Gasteiger charge is 2.41. The molecule has 2 aliphatic rings. The van der Waals surface area contributed by atoms with Gasteiger partial charge < -0.3 is 131 Å². The first-order valence-corrected chi connectivity index (χ1v) is 36.6. The van der Waals surface area contributed by atoms with E-state index < -0.39 is 119 Å². The van der Waals surface area contributed by atoms with Crippen molar-refractivity contribution in [2.24, 2.45) is 62.6 Å². The highest BCUT2D eigenvalue weighted by Crippen LogP contribution is 2.26. The molecule has 6 aromatic heterocycles. The zero-order valence-electron chi connectivity index (χ0n) is 62.5. The summed E-state index contributed by atoms with van der Waals surface area (Å²) in [7, 11) is 6.30. The molecule has 41 heteroatoms. The molecule has 0 aromatic carbocycles. The first-order valence-electron chi connectivity index (χ1n) is 36.6.